The molecule has 174 valence electrons. The molecule has 0 saturated carbocycles. The normalized spacial score (nSPS) is 21.4. The molecule has 32 heavy (non-hydrogen) atoms. The molecular formula is C24H35N5O3. The van der Waals surface area contributed by atoms with Crippen molar-refractivity contribution in [3.05, 3.63) is 34.6 Å². The van der Waals surface area contributed by atoms with Gasteiger partial charge in [0.05, 0.1) is 12.0 Å². The third-order valence-corrected chi connectivity index (χ3v) is 6.99. The topological polar surface area (TPSA) is 80.6 Å². The van der Waals surface area contributed by atoms with Crippen LogP contribution in [0, 0.1) is 5.92 Å². The Bertz CT molecular complexity index is 960. The maximum Gasteiger partial charge on any atom is 0.277 e. The van der Waals surface area contributed by atoms with E-state index in [9.17, 15) is 9.59 Å². The third-order valence-electron chi connectivity index (χ3n) is 6.99. The molecule has 2 aliphatic heterocycles. The first-order valence-electron chi connectivity index (χ1n) is 12.0. The largest absolute Gasteiger partial charge is 0.383 e. The molecular weight excluding hydrogens is 406 g/mol. The van der Waals surface area contributed by atoms with Crippen LogP contribution < -0.4 is 5.56 Å². The van der Waals surface area contributed by atoms with Crippen LogP contribution in [0.4, 0.5) is 0 Å². The molecule has 2 atom stereocenters. The second kappa shape index (κ2) is 11.0. The standard InChI is InChI=1S/C24H35N5O3/c1-32-17-16-28(18-19-8-6-14-27-13-5-4-11-22(19)27)23(30)12-7-15-29-24(31)20-9-2-3-10-21(20)25-26-29/h2-3,9-10,19,22H,4-8,11-18H2,1H3/t19-,22-/m0/s1. The summed E-state index contributed by atoms with van der Waals surface area (Å²) in [6.45, 7) is 4.76. The van der Waals surface area contributed by atoms with Gasteiger partial charge < -0.3 is 14.5 Å². The zero-order valence-electron chi connectivity index (χ0n) is 19.1. The Hall–Kier alpha value is -2.32. The number of rotatable bonds is 9. The molecule has 1 aromatic heterocycles. The van der Waals surface area contributed by atoms with Gasteiger partial charge in [-0.3, -0.25) is 9.59 Å². The summed E-state index contributed by atoms with van der Waals surface area (Å²) >= 11 is 0. The van der Waals surface area contributed by atoms with Gasteiger partial charge in [0.1, 0.15) is 5.52 Å². The first kappa shape index (κ1) is 22.9. The van der Waals surface area contributed by atoms with Crippen molar-refractivity contribution in [2.45, 2.75) is 57.5 Å². The fourth-order valence-corrected chi connectivity index (χ4v) is 5.30. The van der Waals surface area contributed by atoms with Gasteiger partial charge in [0.2, 0.25) is 5.91 Å². The summed E-state index contributed by atoms with van der Waals surface area (Å²) in [6.07, 6.45) is 7.22. The molecule has 0 radical (unpaired) electrons. The van der Waals surface area contributed by atoms with Gasteiger partial charge in [0.25, 0.3) is 5.56 Å². The Morgan fingerprint density at radius 1 is 1.19 bits per heavy atom. The van der Waals surface area contributed by atoms with E-state index >= 15 is 0 Å². The number of hydrogen-bond donors (Lipinski definition) is 0. The highest BCUT2D eigenvalue weighted by Crippen LogP contribution is 2.31. The van der Waals surface area contributed by atoms with Gasteiger partial charge in [0, 0.05) is 39.2 Å². The summed E-state index contributed by atoms with van der Waals surface area (Å²) < 4.78 is 6.65. The smallest absolute Gasteiger partial charge is 0.277 e. The van der Waals surface area contributed by atoms with Gasteiger partial charge in [-0.05, 0) is 63.2 Å². The number of hydrogen-bond acceptors (Lipinski definition) is 6. The minimum atomic E-state index is -0.154. The minimum absolute atomic E-state index is 0.136. The van der Waals surface area contributed by atoms with E-state index in [0.29, 0.717) is 55.4 Å². The number of ether oxygens (including phenoxy) is 1. The third kappa shape index (κ3) is 5.35. The predicted octanol–water partition coefficient (Wildman–Crippen LogP) is 2.31. The van der Waals surface area contributed by atoms with Crippen LogP contribution in [0.1, 0.15) is 44.9 Å². The van der Waals surface area contributed by atoms with Crippen LogP contribution in [0.25, 0.3) is 10.9 Å². The minimum Gasteiger partial charge on any atom is -0.383 e. The molecule has 0 aliphatic carbocycles. The maximum absolute atomic E-state index is 13.1. The van der Waals surface area contributed by atoms with E-state index in [1.165, 1.54) is 49.9 Å². The van der Waals surface area contributed by atoms with E-state index in [1.54, 1.807) is 19.2 Å². The number of aryl methyl sites for hydroxylation is 1. The number of carbonyl (C=O) groups excluding carboxylic acids is 1. The van der Waals surface area contributed by atoms with Gasteiger partial charge in [-0.25, -0.2) is 4.68 Å². The number of fused-ring (bicyclic) bond motifs is 2. The molecule has 2 aromatic rings. The Balaban J connectivity index is 1.35. The summed E-state index contributed by atoms with van der Waals surface area (Å²) in [6, 6.07) is 7.82. The van der Waals surface area contributed by atoms with Crippen molar-refractivity contribution in [2.75, 3.05) is 39.9 Å². The Kier molecular flexibility index (Phi) is 7.86. The fraction of sp³-hybridized carbons (Fsp3) is 0.667. The molecule has 0 N–H and O–H groups in total. The van der Waals surface area contributed by atoms with E-state index in [4.69, 9.17) is 4.74 Å². The van der Waals surface area contributed by atoms with Crippen LogP contribution in [0.5, 0.6) is 0 Å². The van der Waals surface area contributed by atoms with Gasteiger partial charge in [-0.15, -0.1) is 5.10 Å². The number of piperidine rings is 2. The van der Waals surface area contributed by atoms with Crippen molar-refractivity contribution in [2.24, 2.45) is 5.92 Å². The molecule has 0 bridgehead atoms. The number of nitrogens with zero attached hydrogens (tertiary/aromatic N) is 5. The summed E-state index contributed by atoms with van der Waals surface area (Å²) in [4.78, 5) is 30.4. The molecule has 4 rings (SSSR count). The number of benzene rings is 1. The number of methoxy groups -OCH3 is 1. The lowest BCUT2D eigenvalue weighted by atomic mass is 9.83. The first-order valence-corrected chi connectivity index (χ1v) is 12.0. The highest BCUT2D eigenvalue weighted by Gasteiger charge is 2.34. The Morgan fingerprint density at radius 2 is 2.03 bits per heavy atom. The second-order valence-electron chi connectivity index (χ2n) is 9.07. The van der Waals surface area contributed by atoms with Crippen LogP contribution in [-0.4, -0.2) is 76.6 Å². The zero-order chi connectivity index (χ0) is 22.3. The van der Waals surface area contributed by atoms with E-state index in [2.05, 4.69) is 15.2 Å². The number of carbonyl (C=O) groups is 1. The molecule has 1 aromatic carbocycles. The zero-order valence-corrected chi connectivity index (χ0v) is 19.1. The van der Waals surface area contributed by atoms with Gasteiger partial charge in [-0.2, -0.15) is 0 Å². The second-order valence-corrected chi connectivity index (χ2v) is 9.07. The van der Waals surface area contributed by atoms with Crippen molar-refractivity contribution in [1.82, 2.24) is 24.8 Å². The SMILES string of the molecule is COCCN(C[C@@H]1CCCN2CCCC[C@@H]12)C(=O)CCCn1nnc2ccccc2c1=O. The van der Waals surface area contributed by atoms with Crippen molar-refractivity contribution < 1.29 is 9.53 Å². The summed E-state index contributed by atoms with van der Waals surface area (Å²) in [5.74, 6) is 0.676. The van der Waals surface area contributed by atoms with Crippen LogP contribution in [0.3, 0.4) is 0 Å². The summed E-state index contributed by atoms with van der Waals surface area (Å²) in [5, 5.41) is 8.73. The molecule has 8 heteroatoms. The quantitative estimate of drug-likeness (QED) is 0.594. The molecule has 0 spiro atoms. The first-order chi connectivity index (χ1) is 15.7. The highest BCUT2D eigenvalue weighted by atomic mass is 16.5. The average molecular weight is 442 g/mol. The number of amides is 1. The van der Waals surface area contributed by atoms with Gasteiger partial charge in [-0.1, -0.05) is 23.8 Å². The van der Waals surface area contributed by atoms with E-state index in [0.717, 1.165) is 6.54 Å². The van der Waals surface area contributed by atoms with E-state index in [1.807, 2.05) is 17.0 Å². The van der Waals surface area contributed by atoms with E-state index < -0.39 is 0 Å². The average Bonchev–Trinajstić information content (AvgIpc) is 2.83. The van der Waals surface area contributed by atoms with Crippen LogP contribution in [0.15, 0.2) is 29.1 Å². The van der Waals surface area contributed by atoms with Crippen molar-refractivity contribution >= 4 is 16.8 Å². The molecule has 2 saturated heterocycles. The molecule has 2 fully saturated rings. The molecule has 8 nitrogen and oxygen atoms in total. The van der Waals surface area contributed by atoms with Crippen LogP contribution >= 0.6 is 0 Å². The fourth-order valence-electron chi connectivity index (χ4n) is 5.30. The van der Waals surface area contributed by atoms with Crippen molar-refractivity contribution in [3.63, 3.8) is 0 Å². The van der Waals surface area contributed by atoms with E-state index in [-0.39, 0.29) is 11.5 Å². The maximum atomic E-state index is 13.1. The van der Waals surface area contributed by atoms with Crippen LogP contribution in [-0.2, 0) is 16.1 Å². The summed E-state index contributed by atoms with van der Waals surface area (Å²) in [7, 11) is 1.68. The lowest BCUT2D eigenvalue weighted by Gasteiger charge is -2.45. The Labute approximate surface area is 189 Å². The monoisotopic (exact) mass is 441 g/mol. The molecule has 1 amide bonds. The summed E-state index contributed by atoms with van der Waals surface area (Å²) in [5.41, 5.74) is 0.443. The lowest BCUT2D eigenvalue weighted by Crippen LogP contribution is -2.52. The molecule has 3 heterocycles. The molecule has 2 aliphatic rings. The lowest BCUT2D eigenvalue weighted by molar-refractivity contribution is -0.133. The van der Waals surface area contributed by atoms with Gasteiger partial charge in [0.15, 0.2) is 0 Å². The molecule has 0 unspecified atom stereocenters. The number of aromatic nitrogens is 3. The predicted molar refractivity (Wildman–Crippen MR) is 123 cm³/mol. The highest BCUT2D eigenvalue weighted by molar-refractivity contribution is 5.77. The van der Waals surface area contributed by atoms with Crippen LogP contribution in [0.2, 0.25) is 0 Å². The van der Waals surface area contributed by atoms with Gasteiger partial charge >= 0.3 is 0 Å². The van der Waals surface area contributed by atoms with Crippen molar-refractivity contribution in [3.8, 4) is 0 Å². The van der Waals surface area contributed by atoms with Crippen molar-refractivity contribution in [1.29, 1.82) is 0 Å². The Morgan fingerprint density at radius 3 is 2.91 bits per heavy atom.